The Balaban J connectivity index is 1.71. The minimum absolute atomic E-state index is 0.0130. The van der Waals surface area contributed by atoms with Gasteiger partial charge in [0.25, 0.3) is 5.91 Å². The molecule has 9 heteroatoms. The number of halogens is 2. The molecular weight excluding hydrogens is 431 g/mol. The van der Waals surface area contributed by atoms with Crippen molar-refractivity contribution in [1.29, 1.82) is 0 Å². The molecule has 1 aromatic rings. The molecule has 0 bridgehead atoms. The fourth-order valence-corrected chi connectivity index (χ4v) is 3.36. The molecule has 3 amide bonds. The third-order valence-electron chi connectivity index (χ3n) is 4.34. The average molecular weight is 457 g/mol. The summed E-state index contributed by atoms with van der Waals surface area (Å²) in [5.74, 6) is -0.990. The average Bonchev–Trinajstić information content (AvgIpc) is 2.63. The molecule has 2 N–H and O–H groups in total. The van der Waals surface area contributed by atoms with Crippen molar-refractivity contribution < 1.29 is 18.8 Å². The summed E-state index contributed by atoms with van der Waals surface area (Å²) in [5.41, 5.74) is 0.195. The zero-order chi connectivity index (χ0) is 20.7. The van der Waals surface area contributed by atoms with Crippen molar-refractivity contribution in [3.8, 4) is 0 Å². The number of carbonyl (C=O) groups excluding carboxylic acids is 3. The maximum absolute atomic E-state index is 13.3. The molecule has 0 saturated carbocycles. The maximum atomic E-state index is 13.3. The number of nitrogens with one attached hydrogen (secondary N) is 2. The third-order valence-corrected chi connectivity index (χ3v) is 5.03. The third kappa shape index (κ3) is 6.87. The first kappa shape index (κ1) is 22.3. The second-order valence-electron chi connectivity index (χ2n) is 7.01. The Kier molecular flexibility index (Phi) is 8.37. The summed E-state index contributed by atoms with van der Waals surface area (Å²) < 4.78 is 13.8. The number of carbonyl (C=O) groups is 3. The molecule has 1 aliphatic rings. The smallest absolute Gasteiger partial charge is 0.252 e. The molecule has 7 nitrogen and oxygen atoms in total. The van der Waals surface area contributed by atoms with Gasteiger partial charge in [0.05, 0.1) is 12.1 Å². The lowest BCUT2D eigenvalue weighted by atomic mass is 10.2. The number of benzene rings is 1. The highest BCUT2D eigenvalue weighted by molar-refractivity contribution is 9.10. The number of piperazine rings is 1. The molecule has 1 aliphatic heterocycles. The molecule has 0 radical (unpaired) electrons. The standard InChI is InChI=1S/C19H26BrFN4O3/c1-13(2)23-17(26)12-24-7-9-25(10-8-24)18(27)5-6-22-19(28)15-11-14(21)3-4-16(15)20/h3-4,11,13H,5-10,12H2,1-2H3,(H,22,28)(H,23,26). The highest BCUT2D eigenvalue weighted by Gasteiger charge is 2.22. The van der Waals surface area contributed by atoms with Crippen molar-refractivity contribution in [2.75, 3.05) is 39.3 Å². The summed E-state index contributed by atoms with van der Waals surface area (Å²) in [5, 5.41) is 5.50. The monoisotopic (exact) mass is 456 g/mol. The minimum Gasteiger partial charge on any atom is -0.353 e. The van der Waals surface area contributed by atoms with Crippen molar-refractivity contribution in [1.82, 2.24) is 20.4 Å². The van der Waals surface area contributed by atoms with Crippen LogP contribution in [-0.2, 0) is 9.59 Å². The molecule has 1 fully saturated rings. The lowest BCUT2D eigenvalue weighted by molar-refractivity contribution is -0.133. The molecule has 2 rings (SSSR count). The van der Waals surface area contributed by atoms with E-state index in [1.165, 1.54) is 12.1 Å². The van der Waals surface area contributed by atoms with Crippen LogP contribution in [0.15, 0.2) is 22.7 Å². The van der Waals surface area contributed by atoms with Gasteiger partial charge in [-0.3, -0.25) is 19.3 Å². The fourth-order valence-electron chi connectivity index (χ4n) is 2.93. The van der Waals surface area contributed by atoms with E-state index in [-0.39, 0.29) is 36.4 Å². The zero-order valence-electron chi connectivity index (χ0n) is 16.1. The molecule has 0 atom stereocenters. The molecule has 154 valence electrons. The fraction of sp³-hybridized carbons (Fsp3) is 0.526. The van der Waals surface area contributed by atoms with Crippen molar-refractivity contribution >= 4 is 33.7 Å². The zero-order valence-corrected chi connectivity index (χ0v) is 17.7. The number of rotatable bonds is 7. The SMILES string of the molecule is CC(C)NC(=O)CN1CCN(C(=O)CCNC(=O)c2cc(F)ccc2Br)CC1. The van der Waals surface area contributed by atoms with E-state index >= 15 is 0 Å². The normalized spacial score (nSPS) is 14.8. The predicted molar refractivity (Wildman–Crippen MR) is 107 cm³/mol. The lowest BCUT2D eigenvalue weighted by Crippen LogP contribution is -2.51. The summed E-state index contributed by atoms with van der Waals surface area (Å²) in [7, 11) is 0. The summed E-state index contributed by atoms with van der Waals surface area (Å²) in [6.45, 7) is 6.73. The van der Waals surface area contributed by atoms with E-state index in [9.17, 15) is 18.8 Å². The van der Waals surface area contributed by atoms with E-state index < -0.39 is 11.7 Å². The van der Waals surface area contributed by atoms with Crippen molar-refractivity contribution in [2.24, 2.45) is 0 Å². The summed E-state index contributed by atoms with van der Waals surface area (Å²) in [4.78, 5) is 40.0. The Hall–Kier alpha value is -2.00. The van der Waals surface area contributed by atoms with E-state index in [4.69, 9.17) is 0 Å². The van der Waals surface area contributed by atoms with Gasteiger partial charge in [0.1, 0.15) is 5.82 Å². The van der Waals surface area contributed by atoms with Crippen LogP contribution >= 0.6 is 15.9 Å². The first-order valence-electron chi connectivity index (χ1n) is 9.29. The molecule has 1 saturated heterocycles. The van der Waals surface area contributed by atoms with E-state index in [0.29, 0.717) is 37.2 Å². The molecule has 1 heterocycles. The highest BCUT2D eigenvalue weighted by atomic mass is 79.9. The molecule has 0 aromatic heterocycles. The second-order valence-corrected chi connectivity index (χ2v) is 7.86. The van der Waals surface area contributed by atoms with Crippen LogP contribution in [0.5, 0.6) is 0 Å². The van der Waals surface area contributed by atoms with Gasteiger partial charge >= 0.3 is 0 Å². The Morgan fingerprint density at radius 3 is 2.50 bits per heavy atom. The van der Waals surface area contributed by atoms with Gasteiger partial charge in [-0.05, 0) is 48.0 Å². The molecular formula is C19H26BrFN4O3. The van der Waals surface area contributed by atoms with Gasteiger partial charge in [-0.15, -0.1) is 0 Å². The van der Waals surface area contributed by atoms with Crippen molar-refractivity contribution in [3.63, 3.8) is 0 Å². The highest BCUT2D eigenvalue weighted by Crippen LogP contribution is 2.17. The van der Waals surface area contributed by atoms with Gasteiger partial charge in [0.2, 0.25) is 11.8 Å². The van der Waals surface area contributed by atoms with E-state index in [0.717, 1.165) is 6.07 Å². The van der Waals surface area contributed by atoms with Crippen LogP contribution in [0.4, 0.5) is 4.39 Å². The second kappa shape index (κ2) is 10.5. The lowest BCUT2D eigenvalue weighted by Gasteiger charge is -2.34. The van der Waals surface area contributed by atoms with Crippen LogP contribution in [0.25, 0.3) is 0 Å². The molecule has 28 heavy (non-hydrogen) atoms. The Morgan fingerprint density at radius 2 is 1.86 bits per heavy atom. The van der Waals surface area contributed by atoms with Crippen LogP contribution in [0.3, 0.4) is 0 Å². The van der Waals surface area contributed by atoms with Crippen LogP contribution < -0.4 is 10.6 Å². The number of amides is 3. The molecule has 0 spiro atoms. The van der Waals surface area contributed by atoms with Crippen molar-refractivity contribution in [2.45, 2.75) is 26.3 Å². The quantitative estimate of drug-likeness (QED) is 0.649. The molecule has 1 aromatic carbocycles. The largest absolute Gasteiger partial charge is 0.353 e. The van der Waals surface area contributed by atoms with Crippen molar-refractivity contribution in [3.05, 3.63) is 34.1 Å². The van der Waals surface area contributed by atoms with E-state index in [1.54, 1.807) is 4.90 Å². The minimum atomic E-state index is -0.496. The van der Waals surface area contributed by atoms with Gasteiger partial charge < -0.3 is 15.5 Å². The number of hydrogen-bond donors (Lipinski definition) is 2. The maximum Gasteiger partial charge on any atom is 0.252 e. The van der Waals surface area contributed by atoms with Crippen LogP contribution in [0.1, 0.15) is 30.6 Å². The molecule has 0 aliphatic carbocycles. The predicted octanol–water partition coefficient (Wildman–Crippen LogP) is 1.38. The summed E-state index contributed by atoms with van der Waals surface area (Å²) in [6.07, 6.45) is 0.173. The molecule has 0 unspecified atom stereocenters. The van der Waals surface area contributed by atoms with Gasteiger partial charge in [-0.1, -0.05) is 0 Å². The van der Waals surface area contributed by atoms with Gasteiger partial charge in [-0.2, -0.15) is 0 Å². The van der Waals surface area contributed by atoms with Gasteiger partial charge in [0, 0.05) is 49.7 Å². The first-order chi connectivity index (χ1) is 13.3. The number of nitrogens with zero attached hydrogens (tertiary/aromatic N) is 2. The van der Waals surface area contributed by atoms with E-state index in [2.05, 4.69) is 26.6 Å². The number of hydrogen-bond acceptors (Lipinski definition) is 4. The topological polar surface area (TPSA) is 81.8 Å². The Bertz CT molecular complexity index is 721. The Labute approximate surface area is 172 Å². The summed E-state index contributed by atoms with van der Waals surface area (Å²) in [6, 6.07) is 3.99. The van der Waals surface area contributed by atoms with Crippen LogP contribution in [0.2, 0.25) is 0 Å². The van der Waals surface area contributed by atoms with Crippen LogP contribution in [0, 0.1) is 5.82 Å². The van der Waals surface area contributed by atoms with E-state index in [1.807, 2.05) is 18.7 Å². The first-order valence-corrected chi connectivity index (χ1v) is 10.1. The Morgan fingerprint density at radius 1 is 1.18 bits per heavy atom. The van der Waals surface area contributed by atoms with Gasteiger partial charge in [0.15, 0.2) is 0 Å². The van der Waals surface area contributed by atoms with Crippen LogP contribution in [-0.4, -0.2) is 72.8 Å². The van der Waals surface area contributed by atoms with Gasteiger partial charge in [-0.25, -0.2) is 4.39 Å². The summed E-state index contributed by atoms with van der Waals surface area (Å²) >= 11 is 3.21.